The average molecular weight is 348 g/mol. The molecule has 3 rings (SSSR count). The molecule has 0 bridgehead atoms. The number of benzene rings is 2. The molecular weight excluding hydrogens is 326 g/mol. The standard InChI is InChI=1S/C19H22ClNOS/c1-21-12-10-15(11-13-21)14-23-19-8-6-18(7-9-19)22-17-4-2-16(20)3-5-17/h2-9,15H,10-14H2,1H3. The molecule has 2 nitrogen and oxygen atoms in total. The van der Waals surface area contributed by atoms with Crippen molar-refractivity contribution in [3.63, 3.8) is 0 Å². The van der Waals surface area contributed by atoms with E-state index in [9.17, 15) is 0 Å². The van der Waals surface area contributed by atoms with Crippen molar-refractivity contribution >= 4 is 23.4 Å². The minimum atomic E-state index is 0.720. The van der Waals surface area contributed by atoms with E-state index in [0.29, 0.717) is 0 Å². The Morgan fingerprint density at radius 1 is 1.00 bits per heavy atom. The van der Waals surface area contributed by atoms with Crippen LogP contribution in [0.4, 0.5) is 0 Å². The zero-order chi connectivity index (χ0) is 16.1. The summed E-state index contributed by atoms with van der Waals surface area (Å²) in [6.07, 6.45) is 2.64. The smallest absolute Gasteiger partial charge is 0.127 e. The fraction of sp³-hybridized carbons (Fsp3) is 0.368. The highest BCUT2D eigenvalue weighted by Crippen LogP contribution is 2.29. The first-order valence-corrected chi connectivity index (χ1v) is 9.40. The van der Waals surface area contributed by atoms with Crippen LogP contribution < -0.4 is 4.74 Å². The minimum Gasteiger partial charge on any atom is -0.457 e. The molecule has 23 heavy (non-hydrogen) atoms. The van der Waals surface area contributed by atoms with Crippen LogP contribution >= 0.6 is 23.4 Å². The fourth-order valence-corrected chi connectivity index (χ4v) is 3.90. The van der Waals surface area contributed by atoms with Crippen LogP contribution in [-0.2, 0) is 0 Å². The summed E-state index contributed by atoms with van der Waals surface area (Å²) in [5.74, 6) is 3.73. The maximum absolute atomic E-state index is 5.88. The van der Waals surface area contributed by atoms with Crippen molar-refractivity contribution < 1.29 is 4.74 Å². The van der Waals surface area contributed by atoms with Crippen LogP contribution in [0.5, 0.6) is 11.5 Å². The molecule has 2 aromatic rings. The molecule has 0 spiro atoms. The van der Waals surface area contributed by atoms with Gasteiger partial charge in [-0.2, -0.15) is 0 Å². The molecule has 0 saturated carbocycles. The number of halogens is 1. The van der Waals surface area contributed by atoms with Crippen LogP contribution in [0.15, 0.2) is 53.4 Å². The van der Waals surface area contributed by atoms with E-state index in [1.807, 2.05) is 48.2 Å². The van der Waals surface area contributed by atoms with Crippen molar-refractivity contribution in [3.8, 4) is 11.5 Å². The predicted molar refractivity (Wildman–Crippen MR) is 98.9 cm³/mol. The molecule has 122 valence electrons. The Bertz CT molecular complexity index is 606. The summed E-state index contributed by atoms with van der Waals surface area (Å²) in [7, 11) is 2.21. The van der Waals surface area contributed by atoms with E-state index in [1.165, 1.54) is 36.6 Å². The van der Waals surface area contributed by atoms with Gasteiger partial charge in [-0.25, -0.2) is 0 Å². The van der Waals surface area contributed by atoms with Crippen LogP contribution in [-0.4, -0.2) is 30.8 Å². The van der Waals surface area contributed by atoms with Crippen molar-refractivity contribution in [2.45, 2.75) is 17.7 Å². The van der Waals surface area contributed by atoms with Crippen molar-refractivity contribution in [1.82, 2.24) is 4.90 Å². The van der Waals surface area contributed by atoms with E-state index in [2.05, 4.69) is 24.1 Å². The van der Waals surface area contributed by atoms with E-state index in [-0.39, 0.29) is 0 Å². The zero-order valence-electron chi connectivity index (χ0n) is 13.4. The lowest BCUT2D eigenvalue weighted by Crippen LogP contribution is -2.30. The van der Waals surface area contributed by atoms with Crippen LogP contribution in [0.2, 0.25) is 5.02 Å². The third-order valence-corrected chi connectivity index (χ3v) is 5.69. The number of piperidine rings is 1. The van der Waals surface area contributed by atoms with Gasteiger partial charge < -0.3 is 9.64 Å². The summed E-state index contributed by atoms with van der Waals surface area (Å²) in [6, 6.07) is 15.8. The number of rotatable bonds is 5. The van der Waals surface area contributed by atoms with Gasteiger partial charge in [0.15, 0.2) is 0 Å². The van der Waals surface area contributed by atoms with Gasteiger partial charge in [-0.05, 0) is 87.4 Å². The summed E-state index contributed by atoms with van der Waals surface area (Å²) in [6.45, 7) is 2.47. The van der Waals surface area contributed by atoms with Crippen molar-refractivity contribution in [2.24, 2.45) is 5.92 Å². The summed E-state index contributed by atoms with van der Waals surface area (Å²) in [4.78, 5) is 3.73. The first-order chi connectivity index (χ1) is 11.2. The molecule has 1 aliphatic heterocycles. The third kappa shape index (κ3) is 5.17. The van der Waals surface area contributed by atoms with Crippen molar-refractivity contribution in [3.05, 3.63) is 53.6 Å². The molecule has 0 unspecified atom stereocenters. The Hall–Kier alpha value is -1.16. The molecule has 1 saturated heterocycles. The number of hydrogen-bond donors (Lipinski definition) is 0. The average Bonchev–Trinajstić information content (AvgIpc) is 2.58. The summed E-state index contributed by atoms with van der Waals surface area (Å²) < 4.78 is 5.82. The van der Waals surface area contributed by atoms with Gasteiger partial charge in [0.2, 0.25) is 0 Å². The molecule has 0 N–H and O–H groups in total. The Morgan fingerprint density at radius 2 is 1.57 bits per heavy atom. The van der Waals surface area contributed by atoms with Gasteiger partial charge in [0.05, 0.1) is 0 Å². The second-order valence-corrected chi connectivity index (χ2v) is 7.61. The quantitative estimate of drug-likeness (QED) is 0.656. The van der Waals surface area contributed by atoms with E-state index in [4.69, 9.17) is 16.3 Å². The van der Waals surface area contributed by atoms with Crippen molar-refractivity contribution in [2.75, 3.05) is 25.9 Å². The summed E-state index contributed by atoms with van der Waals surface area (Å²) in [5, 5.41) is 0.720. The van der Waals surface area contributed by atoms with Gasteiger partial charge in [-0.1, -0.05) is 11.6 Å². The normalized spacial score (nSPS) is 16.4. The second kappa shape index (κ2) is 8.09. The Morgan fingerprint density at radius 3 is 2.17 bits per heavy atom. The van der Waals surface area contributed by atoms with Gasteiger partial charge in [-0.3, -0.25) is 0 Å². The van der Waals surface area contributed by atoms with E-state index in [0.717, 1.165) is 22.4 Å². The minimum absolute atomic E-state index is 0.720. The Labute approximate surface area is 147 Å². The molecule has 0 amide bonds. The molecular formula is C19H22ClNOS. The first-order valence-electron chi connectivity index (χ1n) is 8.04. The molecule has 1 heterocycles. The van der Waals surface area contributed by atoms with Gasteiger partial charge >= 0.3 is 0 Å². The molecule has 0 atom stereocenters. The SMILES string of the molecule is CN1CCC(CSc2ccc(Oc3ccc(Cl)cc3)cc2)CC1. The van der Waals surface area contributed by atoms with Crippen LogP contribution in [0.1, 0.15) is 12.8 Å². The number of likely N-dealkylation sites (tertiary alicyclic amines) is 1. The maximum atomic E-state index is 5.88. The molecule has 2 aromatic carbocycles. The highest BCUT2D eigenvalue weighted by Gasteiger charge is 2.16. The number of hydrogen-bond acceptors (Lipinski definition) is 3. The largest absolute Gasteiger partial charge is 0.457 e. The van der Waals surface area contributed by atoms with E-state index < -0.39 is 0 Å². The van der Waals surface area contributed by atoms with Crippen LogP contribution in [0.3, 0.4) is 0 Å². The van der Waals surface area contributed by atoms with Gasteiger partial charge in [0.1, 0.15) is 11.5 Å². The molecule has 0 radical (unpaired) electrons. The Balaban J connectivity index is 1.49. The topological polar surface area (TPSA) is 12.5 Å². The molecule has 1 fully saturated rings. The monoisotopic (exact) mass is 347 g/mol. The molecule has 1 aliphatic rings. The highest BCUT2D eigenvalue weighted by atomic mass is 35.5. The molecule has 4 heteroatoms. The number of nitrogens with zero attached hydrogens (tertiary/aromatic N) is 1. The third-order valence-electron chi connectivity index (χ3n) is 4.20. The van der Waals surface area contributed by atoms with Crippen LogP contribution in [0, 0.1) is 5.92 Å². The van der Waals surface area contributed by atoms with Gasteiger partial charge in [0.25, 0.3) is 0 Å². The number of thioether (sulfide) groups is 1. The highest BCUT2D eigenvalue weighted by molar-refractivity contribution is 7.99. The van der Waals surface area contributed by atoms with Crippen molar-refractivity contribution in [1.29, 1.82) is 0 Å². The van der Waals surface area contributed by atoms with Gasteiger partial charge in [-0.15, -0.1) is 11.8 Å². The lowest BCUT2D eigenvalue weighted by molar-refractivity contribution is 0.232. The van der Waals surface area contributed by atoms with E-state index in [1.54, 1.807) is 0 Å². The van der Waals surface area contributed by atoms with Crippen LogP contribution in [0.25, 0.3) is 0 Å². The Kier molecular flexibility index (Phi) is 5.87. The summed E-state index contributed by atoms with van der Waals surface area (Å²) >= 11 is 7.83. The van der Waals surface area contributed by atoms with Gasteiger partial charge in [0, 0.05) is 15.7 Å². The summed E-state index contributed by atoms with van der Waals surface area (Å²) in [5.41, 5.74) is 0. The predicted octanol–water partition coefficient (Wildman–Crippen LogP) is 5.57. The molecule has 0 aromatic heterocycles. The van der Waals surface area contributed by atoms with E-state index >= 15 is 0 Å². The number of ether oxygens (including phenoxy) is 1. The molecule has 0 aliphatic carbocycles. The zero-order valence-corrected chi connectivity index (χ0v) is 14.9. The maximum Gasteiger partial charge on any atom is 0.127 e. The second-order valence-electron chi connectivity index (χ2n) is 6.09. The fourth-order valence-electron chi connectivity index (χ4n) is 2.69. The first kappa shape index (κ1) is 16.7. The lowest BCUT2D eigenvalue weighted by atomic mass is 10.00. The lowest BCUT2D eigenvalue weighted by Gasteiger charge is -2.28.